The molecule has 0 atom stereocenters. The highest BCUT2D eigenvalue weighted by molar-refractivity contribution is 5.76. The summed E-state index contributed by atoms with van der Waals surface area (Å²) in [6.45, 7) is 15.5. The van der Waals surface area contributed by atoms with E-state index in [1.807, 2.05) is 22.6 Å². The van der Waals surface area contributed by atoms with Crippen LogP contribution >= 0.6 is 0 Å². The maximum absolute atomic E-state index is 12.4. The van der Waals surface area contributed by atoms with Gasteiger partial charge in [0.15, 0.2) is 0 Å². The molecule has 22 heavy (non-hydrogen) atoms. The lowest BCUT2D eigenvalue weighted by molar-refractivity contribution is -0.132. The number of nitrogens with zero attached hydrogens (tertiary/aromatic N) is 4. The summed E-state index contributed by atoms with van der Waals surface area (Å²) in [6.07, 6.45) is 3.21. The van der Waals surface area contributed by atoms with Crippen LogP contribution in [0.15, 0.2) is 12.7 Å². The van der Waals surface area contributed by atoms with E-state index in [2.05, 4.69) is 30.4 Å². The van der Waals surface area contributed by atoms with E-state index >= 15 is 0 Å². The second-order valence-corrected chi connectivity index (χ2v) is 5.94. The van der Waals surface area contributed by atoms with Gasteiger partial charge in [0.2, 0.25) is 5.91 Å². The van der Waals surface area contributed by atoms with Gasteiger partial charge in [-0.1, -0.05) is 13.0 Å². The molecule has 2 rings (SSSR count). The molecule has 0 N–H and O–H groups in total. The summed E-state index contributed by atoms with van der Waals surface area (Å²) in [5.74, 6) is 0.269. The normalized spacial score (nSPS) is 16.0. The number of likely N-dealkylation sites (N-methyl/N-ethyl adjacent to an activating group) is 1. The number of hydrogen-bond donors (Lipinski definition) is 0. The number of piperazine rings is 1. The van der Waals surface area contributed by atoms with Crippen LogP contribution in [0.5, 0.6) is 0 Å². The number of carbonyl (C=O) groups is 1. The molecule has 1 aliphatic rings. The van der Waals surface area contributed by atoms with Crippen molar-refractivity contribution in [1.82, 2.24) is 19.6 Å². The SMILES string of the molecule is C=CCn1nc(C)c(CCC(=O)N2CCN(CC)CC2)c1C. The second kappa shape index (κ2) is 7.58. The highest BCUT2D eigenvalue weighted by Gasteiger charge is 2.20. The summed E-state index contributed by atoms with van der Waals surface area (Å²) < 4.78 is 1.96. The summed E-state index contributed by atoms with van der Waals surface area (Å²) in [4.78, 5) is 16.8. The average Bonchev–Trinajstić information content (AvgIpc) is 2.79. The molecule has 0 saturated carbocycles. The van der Waals surface area contributed by atoms with E-state index < -0.39 is 0 Å². The minimum absolute atomic E-state index is 0.269. The third-order valence-corrected chi connectivity index (χ3v) is 4.59. The van der Waals surface area contributed by atoms with Gasteiger partial charge in [0.25, 0.3) is 0 Å². The standard InChI is InChI=1S/C17H28N4O/c1-5-9-21-15(4)16(14(3)18-21)7-8-17(22)20-12-10-19(6-2)11-13-20/h5H,1,6-13H2,2-4H3. The van der Waals surface area contributed by atoms with Crippen LogP contribution in [0.2, 0.25) is 0 Å². The Kier molecular flexibility index (Phi) is 5.77. The zero-order valence-corrected chi connectivity index (χ0v) is 14.1. The van der Waals surface area contributed by atoms with E-state index in [0.29, 0.717) is 6.42 Å². The first kappa shape index (κ1) is 16.7. The summed E-state index contributed by atoms with van der Waals surface area (Å²) in [7, 11) is 0. The van der Waals surface area contributed by atoms with Gasteiger partial charge < -0.3 is 9.80 Å². The highest BCUT2D eigenvalue weighted by atomic mass is 16.2. The van der Waals surface area contributed by atoms with Crippen LogP contribution in [-0.4, -0.2) is 58.2 Å². The third-order valence-electron chi connectivity index (χ3n) is 4.59. The Labute approximate surface area is 133 Å². The van der Waals surface area contributed by atoms with Crippen LogP contribution in [0.25, 0.3) is 0 Å². The van der Waals surface area contributed by atoms with Crippen molar-refractivity contribution in [2.24, 2.45) is 0 Å². The molecule has 0 aliphatic carbocycles. The molecule has 5 nitrogen and oxygen atoms in total. The van der Waals surface area contributed by atoms with Crippen LogP contribution in [0.3, 0.4) is 0 Å². The summed E-state index contributed by atoms with van der Waals surface area (Å²) in [6, 6.07) is 0. The van der Waals surface area contributed by atoms with E-state index in [1.165, 1.54) is 5.56 Å². The molecule has 122 valence electrons. The number of amides is 1. The first-order valence-corrected chi connectivity index (χ1v) is 8.20. The summed E-state index contributed by atoms with van der Waals surface area (Å²) in [5.41, 5.74) is 3.39. The minimum atomic E-state index is 0.269. The van der Waals surface area contributed by atoms with Gasteiger partial charge in [0.05, 0.1) is 12.2 Å². The quantitative estimate of drug-likeness (QED) is 0.752. The Bertz CT molecular complexity index is 527. The van der Waals surface area contributed by atoms with Crippen LogP contribution in [0, 0.1) is 13.8 Å². The van der Waals surface area contributed by atoms with Crippen molar-refractivity contribution in [2.45, 2.75) is 40.2 Å². The summed E-state index contributed by atoms with van der Waals surface area (Å²) >= 11 is 0. The molecule has 0 radical (unpaired) electrons. The predicted octanol–water partition coefficient (Wildman–Crippen LogP) is 1.78. The van der Waals surface area contributed by atoms with Crippen molar-refractivity contribution in [3.8, 4) is 0 Å². The molecule has 5 heteroatoms. The molecule has 1 aliphatic heterocycles. The maximum atomic E-state index is 12.4. The van der Waals surface area contributed by atoms with Gasteiger partial charge in [0, 0.05) is 38.3 Å². The number of hydrogen-bond acceptors (Lipinski definition) is 3. The average molecular weight is 304 g/mol. The van der Waals surface area contributed by atoms with Gasteiger partial charge >= 0.3 is 0 Å². The van der Waals surface area contributed by atoms with Gasteiger partial charge in [-0.25, -0.2) is 0 Å². The second-order valence-electron chi connectivity index (χ2n) is 5.94. The molecular formula is C17H28N4O. The third kappa shape index (κ3) is 3.77. The number of aryl methyl sites for hydroxylation is 1. The molecule has 0 aromatic carbocycles. The Morgan fingerprint density at radius 3 is 2.55 bits per heavy atom. The van der Waals surface area contributed by atoms with Crippen molar-refractivity contribution < 1.29 is 4.79 Å². The minimum Gasteiger partial charge on any atom is -0.340 e. The van der Waals surface area contributed by atoms with Gasteiger partial charge in [0.1, 0.15) is 0 Å². The van der Waals surface area contributed by atoms with Crippen LogP contribution in [0.4, 0.5) is 0 Å². The largest absolute Gasteiger partial charge is 0.340 e. The fourth-order valence-corrected chi connectivity index (χ4v) is 3.10. The van der Waals surface area contributed by atoms with E-state index in [9.17, 15) is 4.79 Å². The molecule has 1 amide bonds. The van der Waals surface area contributed by atoms with Crippen molar-refractivity contribution >= 4 is 5.91 Å². The Morgan fingerprint density at radius 2 is 1.95 bits per heavy atom. The van der Waals surface area contributed by atoms with E-state index in [4.69, 9.17) is 0 Å². The molecule has 1 aromatic rings. The molecular weight excluding hydrogens is 276 g/mol. The Morgan fingerprint density at radius 1 is 1.27 bits per heavy atom. The molecule has 1 aromatic heterocycles. The molecule has 2 heterocycles. The van der Waals surface area contributed by atoms with Gasteiger partial charge in [-0.2, -0.15) is 5.10 Å². The number of carbonyl (C=O) groups excluding carboxylic acids is 1. The van der Waals surface area contributed by atoms with Gasteiger partial charge in [-0.15, -0.1) is 6.58 Å². The molecule has 1 saturated heterocycles. The molecule has 0 unspecified atom stereocenters. The smallest absolute Gasteiger partial charge is 0.222 e. The molecule has 0 bridgehead atoms. The monoisotopic (exact) mass is 304 g/mol. The van der Waals surface area contributed by atoms with E-state index in [1.54, 1.807) is 0 Å². The lowest BCUT2D eigenvalue weighted by Gasteiger charge is -2.34. The fraction of sp³-hybridized carbons (Fsp3) is 0.647. The molecule has 1 fully saturated rings. The van der Waals surface area contributed by atoms with Crippen molar-refractivity contribution in [2.75, 3.05) is 32.7 Å². The van der Waals surface area contributed by atoms with Crippen molar-refractivity contribution in [3.05, 3.63) is 29.6 Å². The first-order chi connectivity index (χ1) is 10.6. The number of allylic oxidation sites excluding steroid dienone is 1. The van der Waals surface area contributed by atoms with Gasteiger partial charge in [-0.3, -0.25) is 9.48 Å². The lowest BCUT2D eigenvalue weighted by Crippen LogP contribution is -2.48. The van der Waals surface area contributed by atoms with Crippen molar-refractivity contribution in [3.63, 3.8) is 0 Å². The number of aromatic nitrogens is 2. The summed E-state index contributed by atoms with van der Waals surface area (Å²) in [5, 5.41) is 4.53. The fourth-order valence-electron chi connectivity index (χ4n) is 3.10. The lowest BCUT2D eigenvalue weighted by atomic mass is 10.1. The predicted molar refractivity (Wildman–Crippen MR) is 88.9 cm³/mol. The van der Waals surface area contributed by atoms with Crippen molar-refractivity contribution in [1.29, 1.82) is 0 Å². The zero-order valence-electron chi connectivity index (χ0n) is 14.1. The van der Waals surface area contributed by atoms with Crippen LogP contribution < -0.4 is 0 Å². The topological polar surface area (TPSA) is 41.4 Å². The Balaban J connectivity index is 1.90. The van der Waals surface area contributed by atoms with Crippen LogP contribution in [0.1, 0.15) is 30.3 Å². The Hall–Kier alpha value is -1.62. The highest BCUT2D eigenvalue weighted by Crippen LogP contribution is 2.16. The first-order valence-electron chi connectivity index (χ1n) is 8.20. The van der Waals surface area contributed by atoms with E-state index in [0.717, 1.165) is 57.1 Å². The van der Waals surface area contributed by atoms with Gasteiger partial charge in [-0.05, 0) is 32.4 Å². The zero-order chi connectivity index (χ0) is 16.1. The molecule has 0 spiro atoms. The van der Waals surface area contributed by atoms with E-state index in [-0.39, 0.29) is 5.91 Å². The maximum Gasteiger partial charge on any atom is 0.222 e. The van der Waals surface area contributed by atoms with Crippen LogP contribution in [-0.2, 0) is 17.8 Å². The number of rotatable bonds is 6.